The molecule has 2 aliphatic rings. The second-order valence-corrected chi connectivity index (χ2v) is 14.5. The third-order valence-corrected chi connectivity index (χ3v) is 11.1. The molecule has 2 N–H and O–H groups in total. The minimum atomic E-state index is -1.11. The Morgan fingerprint density at radius 3 is 2.54 bits per heavy atom. The van der Waals surface area contributed by atoms with Gasteiger partial charge >= 0.3 is 11.9 Å². The molecule has 5 aromatic rings. The van der Waals surface area contributed by atoms with Crippen molar-refractivity contribution in [3.05, 3.63) is 101 Å². The average Bonchev–Trinajstić information content (AvgIpc) is 3.57. The molecule has 268 valence electrons. The summed E-state index contributed by atoms with van der Waals surface area (Å²) in [6, 6.07) is 23.0. The Balaban J connectivity index is 1.06. The maximum atomic E-state index is 13.5. The van der Waals surface area contributed by atoms with Crippen LogP contribution in [0.25, 0.3) is 21.3 Å². The molecule has 0 bridgehead atoms. The van der Waals surface area contributed by atoms with Crippen molar-refractivity contribution in [1.82, 2.24) is 9.97 Å². The topological polar surface area (TPSA) is 131 Å². The molecule has 7 rings (SSSR count). The van der Waals surface area contributed by atoms with E-state index in [0.29, 0.717) is 60.5 Å². The number of pyridine rings is 1. The Bertz CT molecular complexity index is 2090. The van der Waals surface area contributed by atoms with Crippen LogP contribution in [0.1, 0.15) is 83.0 Å². The Hall–Kier alpha value is -5.29. The number of carboxylic acid groups (broad SMARTS) is 1. The highest BCUT2D eigenvalue weighted by Gasteiger charge is 2.27. The van der Waals surface area contributed by atoms with E-state index in [1.165, 1.54) is 11.3 Å². The number of hydrogen-bond donors (Lipinski definition) is 2. The van der Waals surface area contributed by atoms with Gasteiger partial charge in [0, 0.05) is 30.6 Å². The van der Waals surface area contributed by atoms with Crippen molar-refractivity contribution < 1.29 is 29.0 Å². The van der Waals surface area contributed by atoms with E-state index in [2.05, 4.69) is 10.3 Å². The van der Waals surface area contributed by atoms with Crippen LogP contribution < -0.4 is 15.0 Å². The second-order valence-electron chi connectivity index (χ2n) is 13.5. The number of nitrogens with zero attached hydrogens (tertiary/aromatic N) is 3. The quantitative estimate of drug-likeness (QED) is 0.129. The standard InChI is InChI=1S/C41H42N4O6S/c1-3-50-37(46)21-16-26-14-17-28(18-15-26)51-34-12-7-9-29(25(34)2)30-19-20-36(43-38(30)40(48)49)45-23-22-27-8-6-10-31(32(27)24-45)39(47)44-41-42-33-11-4-5-13-35(33)52-41/h4-13,19-20,26,28H,3,14-18,21-24H2,1-2H3,(H,48,49)(H,42,44,47). The molecule has 3 aromatic carbocycles. The number of hydrogen-bond acceptors (Lipinski definition) is 9. The monoisotopic (exact) mass is 718 g/mol. The van der Waals surface area contributed by atoms with Crippen molar-refractivity contribution in [1.29, 1.82) is 0 Å². The van der Waals surface area contributed by atoms with Gasteiger partial charge in [-0.15, -0.1) is 0 Å². The van der Waals surface area contributed by atoms with Crippen LogP contribution in [0.3, 0.4) is 0 Å². The number of anilines is 2. The summed E-state index contributed by atoms with van der Waals surface area (Å²) in [6.07, 6.45) is 5.83. The number of thiazole rings is 1. The van der Waals surface area contributed by atoms with Gasteiger partial charge in [0.1, 0.15) is 11.6 Å². The fourth-order valence-electron chi connectivity index (χ4n) is 7.39. The first-order chi connectivity index (χ1) is 25.3. The van der Waals surface area contributed by atoms with E-state index >= 15 is 0 Å². The van der Waals surface area contributed by atoms with Crippen molar-refractivity contribution in [2.45, 2.75) is 71.4 Å². The van der Waals surface area contributed by atoms with Gasteiger partial charge in [-0.05, 0) is 117 Å². The van der Waals surface area contributed by atoms with E-state index in [1.807, 2.05) is 91.5 Å². The van der Waals surface area contributed by atoms with Gasteiger partial charge in [-0.25, -0.2) is 14.8 Å². The minimum Gasteiger partial charge on any atom is -0.490 e. The number of amides is 1. The summed E-state index contributed by atoms with van der Waals surface area (Å²) < 4.78 is 12.6. The van der Waals surface area contributed by atoms with Gasteiger partial charge in [-0.2, -0.15) is 0 Å². The lowest BCUT2D eigenvalue weighted by Crippen LogP contribution is -2.33. The van der Waals surface area contributed by atoms with Gasteiger partial charge in [0.25, 0.3) is 5.91 Å². The van der Waals surface area contributed by atoms with Gasteiger partial charge in [-0.3, -0.25) is 14.9 Å². The van der Waals surface area contributed by atoms with Crippen molar-refractivity contribution in [2.24, 2.45) is 5.92 Å². The van der Waals surface area contributed by atoms with E-state index in [4.69, 9.17) is 14.5 Å². The zero-order chi connectivity index (χ0) is 36.2. The molecule has 10 nitrogen and oxygen atoms in total. The molecule has 3 heterocycles. The molecule has 1 saturated carbocycles. The summed E-state index contributed by atoms with van der Waals surface area (Å²) in [5.41, 5.74) is 5.49. The van der Waals surface area contributed by atoms with Gasteiger partial charge < -0.3 is 19.5 Å². The molecule has 0 radical (unpaired) electrons. The summed E-state index contributed by atoms with van der Waals surface area (Å²) in [6.45, 7) is 5.24. The molecule has 11 heteroatoms. The lowest BCUT2D eigenvalue weighted by Gasteiger charge is -2.31. The fourth-order valence-corrected chi connectivity index (χ4v) is 8.25. The first-order valence-electron chi connectivity index (χ1n) is 18.0. The smallest absolute Gasteiger partial charge is 0.355 e. The molecule has 0 unspecified atom stereocenters. The first-order valence-corrected chi connectivity index (χ1v) is 18.8. The molecule has 0 saturated heterocycles. The molecule has 52 heavy (non-hydrogen) atoms. The molecule has 1 fully saturated rings. The Kier molecular flexibility index (Phi) is 10.5. The van der Waals surface area contributed by atoms with Gasteiger partial charge in [0.2, 0.25) is 0 Å². The lowest BCUT2D eigenvalue weighted by molar-refractivity contribution is -0.143. The summed E-state index contributed by atoms with van der Waals surface area (Å²) in [5, 5.41) is 13.9. The normalized spacial score (nSPS) is 17.0. The highest BCUT2D eigenvalue weighted by molar-refractivity contribution is 7.22. The maximum Gasteiger partial charge on any atom is 0.355 e. The van der Waals surface area contributed by atoms with Gasteiger partial charge in [0.05, 0.1) is 22.9 Å². The van der Waals surface area contributed by atoms with Crippen molar-refractivity contribution in [3.8, 4) is 16.9 Å². The third-order valence-electron chi connectivity index (χ3n) is 10.2. The Morgan fingerprint density at radius 2 is 1.75 bits per heavy atom. The number of ether oxygens (including phenoxy) is 2. The third kappa shape index (κ3) is 7.64. The van der Waals surface area contributed by atoms with E-state index in [0.717, 1.165) is 70.3 Å². The molecular formula is C41H42N4O6S. The zero-order valence-electron chi connectivity index (χ0n) is 29.4. The SMILES string of the molecule is CCOC(=O)CCC1CCC(Oc2cccc(-c3ccc(N4CCc5cccc(C(=O)Nc6nc7ccccc7s6)c5C4)nc3C(=O)O)c2C)CC1. The number of para-hydroxylation sites is 1. The number of rotatable bonds is 11. The van der Waals surface area contributed by atoms with Crippen molar-refractivity contribution >= 4 is 50.3 Å². The second kappa shape index (κ2) is 15.5. The Morgan fingerprint density at radius 1 is 0.942 bits per heavy atom. The summed E-state index contributed by atoms with van der Waals surface area (Å²) >= 11 is 1.43. The average molecular weight is 719 g/mol. The maximum absolute atomic E-state index is 13.5. The lowest BCUT2D eigenvalue weighted by atomic mass is 9.84. The van der Waals surface area contributed by atoms with Crippen molar-refractivity contribution in [2.75, 3.05) is 23.4 Å². The van der Waals surface area contributed by atoms with E-state index in [9.17, 15) is 19.5 Å². The van der Waals surface area contributed by atoms with Crippen LogP contribution in [0.5, 0.6) is 5.75 Å². The van der Waals surface area contributed by atoms with Crippen LogP contribution in [0.4, 0.5) is 10.9 Å². The number of benzene rings is 3. The first kappa shape index (κ1) is 35.1. The molecular weight excluding hydrogens is 677 g/mol. The largest absolute Gasteiger partial charge is 0.490 e. The number of aromatic nitrogens is 2. The van der Waals surface area contributed by atoms with Crippen LogP contribution in [-0.4, -0.2) is 52.2 Å². The summed E-state index contributed by atoms with van der Waals surface area (Å²) in [4.78, 5) is 49.3. The molecule has 1 aliphatic carbocycles. The number of carbonyl (C=O) groups excluding carboxylic acids is 2. The number of carbonyl (C=O) groups is 3. The molecule has 0 atom stereocenters. The molecule has 1 aliphatic heterocycles. The Labute approximate surface area is 306 Å². The number of aromatic carboxylic acids is 1. The van der Waals surface area contributed by atoms with Crippen molar-refractivity contribution in [3.63, 3.8) is 0 Å². The van der Waals surface area contributed by atoms with Gasteiger partial charge in [0.15, 0.2) is 10.8 Å². The van der Waals surface area contributed by atoms with Crippen LogP contribution in [-0.2, 0) is 22.5 Å². The summed E-state index contributed by atoms with van der Waals surface area (Å²) in [5.74, 6) is 0.286. The van der Waals surface area contributed by atoms with Gasteiger partial charge in [-0.1, -0.05) is 47.7 Å². The zero-order valence-corrected chi connectivity index (χ0v) is 30.2. The van der Waals surface area contributed by atoms with Crippen LogP contribution in [0.15, 0.2) is 72.8 Å². The number of esters is 1. The predicted octanol–water partition coefficient (Wildman–Crippen LogP) is 8.46. The molecule has 2 aromatic heterocycles. The minimum absolute atomic E-state index is 0.0347. The summed E-state index contributed by atoms with van der Waals surface area (Å²) in [7, 11) is 0. The fraction of sp³-hybridized carbons (Fsp3) is 0.341. The predicted molar refractivity (Wildman–Crippen MR) is 202 cm³/mol. The number of nitrogens with one attached hydrogen (secondary N) is 1. The van der Waals surface area contributed by atoms with E-state index in [-0.39, 0.29) is 23.7 Å². The highest BCUT2D eigenvalue weighted by Crippen LogP contribution is 2.37. The van der Waals surface area contributed by atoms with E-state index < -0.39 is 5.97 Å². The highest BCUT2D eigenvalue weighted by atomic mass is 32.1. The molecule has 0 spiro atoms. The van der Waals surface area contributed by atoms with Crippen LogP contribution >= 0.6 is 11.3 Å². The number of carboxylic acids is 1. The molecule has 1 amide bonds. The number of fused-ring (bicyclic) bond motifs is 2. The van der Waals surface area contributed by atoms with E-state index in [1.54, 1.807) is 0 Å². The van der Waals surface area contributed by atoms with Crippen LogP contribution in [0.2, 0.25) is 0 Å². The van der Waals surface area contributed by atoms with Crippen LogP contribution in [0, 0.1) is 12.8 Å².